The van der Waals surface area contributed by atoms with E-state index in [0.717, 1.165) is 0 Å². The Balaban J connectivity index is 1.38. The van der Waals surface area contributed by atoms with E-state index in [1.165, 1.54) is 6.20 Å². The predicted molar refractivity (Wildman–Crippen MR) is 140 cm³/mol. The molecule has 1 aliphatic carbocycles. The second-order valence-electron chi connectivity index (χ2n) is 9.10. The normalized spacial score (nSPS) is 16.7. The molecule has 1 aliphatic rings. The van der Waals surface area contributed by atoms with E-state index >= 15 is 0 Å². The lowest BCUT2D eigenvalue weighted by atomic mass is 9.89. The number of pyridine rings is 1. The number of anilines is 4. The highest BCUT2D eigenvalue weighted by Crippen LogP contribution is 2.38. The van der Waals surface area contributed by atoms with E-state index < -0.39 is 12.7 Å². The number of para-hydroxylation sites is 1. The molecule has 39 heavy (non-hydrogen) atoms. The maximum absolute atomic E-state index is 12.7. The number of alkyl halides is 2. The molecule has 1 saturated carbocycles. The first kappa shape index (κ1) is 26.2. The molecule has 0 atom stereocenters. The Morgan fingerprint density at radius 2 is 1.95 bits per heavy atom. The van der Waals surface area contributed by atoms with Crippen molar-refractivity contribution in [3.63, 3.8) is 0 Å². The van der Waals surface area contributed by atoms with Crippen molar-refractivity contribution in [2.24, 2.45) is 7.05 Å². The average molecular weight is 539 g/mol. The lowest BCUT2D eigenvalue weighted by Gasteiger charge is -2.34. The molecule has 0 spiro atoms. The minimum absolute atomic E-state index is 0.00706. The summed E-state index contributed by atoms with van der Waals surface area (Å²) in [6, 6.07) is 9.03. The summed E-state index contributed by atoms with van der Waals surface area (Å²) in [7, 11) is 3.35. The van der Waals surface area contributed by atoms with Crippen LogP contribution in [0.15, 0.2) is 49.1 Å². The lowest BCUT2D eigenvalue weighted by Crippen LogP contribution is -2.34. The molecule has 3 heterocycles. The molecule has 11 nitrogen and oxygen atoms in total. The van der Waals surface area contributed by atoms with Gasteiger partial charge in [0.05, 0.1) is 41.8 Å². The van der Waals surface area contributed by atoms with Crippen LogP contribution in [0.1, 0.15) is 42.6 Å². The standard InChI is InChI=1S/C26H28F2N8O3/c1-4-21(37)18-13-29-23(32-22-8-9-36(33-22)15-10-16(11-15)39-26(27)28)12-20(18)31-19-7-5-6-17(24(19)38-3)25-30-14-35(2)34-25/h5-9,12-16,26H,4,10-11H2,1-3H3,(H2,29,31,32,33)/t15-,16+. The zero-order valence-corrected chi connectivity index (χ0v) is 21.6. The number of aryl methyl sites for hydroxylation is 1. The number of hydrogen-bond acceptors (Lipinski definition) is 9. The first-order chi connectivity index (χ1) is 18.8. The molecule has 0 aliphatic heterocycles. The molecular weight excluding hydrogens is 510 g/mol. The molecule has 1 aromatic carbocycles. The van der Waals surface area contributed by atoms with Crippen LogP contribution in [-0.4, -0.2) is 55.1 Å². The second kappa shape index (κ2) is 11.2. The van der Waals surface area contributed by atoms with Gasteiger partial charge in [-0.05, 0) is 25.0 Å². The average Bonchev–Trinajstić information content (AvgIpc) is 3.54. The van der Waals surface area contributed by atoms with Crippen molar-refractivity contribution in [3.8, 4) is 17.1 Å². The fourth-order valence-electron chi connectivity index (χ4n) is 4.43. The van der Waals surface area contributed by atoms with Gasteiger partial charge >= 0.3 is 6.61 Å². The summed E-state index contributed by atoms with van der Waals surface area (Å²) in [5.74, 6) is 1.95. The molecule has 0 radical (unpaired) electrons. The van der Waals surface area contributed by atoms with Crippen LogP contribution < -0.4 is 15.4 Å². The Kier molecular flexibility index (Phi) is 7.50. The van der Waals surface area contributed by atoms with Gasteiger partial charge in [-0.3, -0.25) is 14.2 Å². The highest BCUT2D eigenvalue weighted by molar-refractivity contribution is 6.02. The number of rotatable bonds is 11. The number of hydrogen-bond donors (Lipinski definition) is 2. The van der Waals surface area contributed by atoms with Crippen LogP contribution in [0.3, 0.4) is 0 Å². The number of Topliss-reactive ketones (excluding diaryl/α,β-unsaturated/α-hetero) is 1. The molecule has 2 N–H and O–H groups in total. The summed E-state index contributed by atoms with van der Waals surface area (Å²) in [4.78, 5) is 21.5. The third-order valence-electron chi connectivity index (χ3n) is 6.46. The Labute approximate surface area is 223 Å². The van der Waals surface area contributed by atoms with Gasteiger partial charge in [0.15, 0.2) is 23.2 Å². The summed E-state index contributed by atoms with van der Waals surface area (Å²) in [5.41, 5.74) is 2.28. The molecule has 0 bridgehead atoms. The van der Waals surface area contributed by atoms with Gasteiger partial charge in [0.25, 0.3) is 0 Å². The van der Waals surface area contributed by atoms with Crippen LogP contribution in [0.4, 0.5) is 31.8 Å². The summed E-state index contributed by atoms with van der Waals surface area (Å²) in [5, 5.41) is 15.3. The van der Waals surface area contributed by atoms with E-state index in [-0.39, 0.29) is 11.8 Å². The molecule has 3 aromatic heterocycles. The fourth-order valence-corrected chi connectivity index (χ4v) is 4.43. The van der Waals surface area contributed by atoms with Crippen molar-refractivity contribution in [2.45, 2.75) is 44.9 Å². The highest BCUT2D eigenvalue weighted by Gasteiger charge is 2.33. The fraction of sp³-hybridized carbons (Fsp3) is 0.346. The first-order valence-corrected chi connectivity index (χ1v) is 12.4. The maximum atomic E-state index is 12.7. The molecule has 5 rings (SSSR count). The highest BCUT2D eigenvalue weighted by atomic mass is 19.3. The lowest BCUT2D eigenvalue weighted by molar-refractivity contribution is -0.189. The quantitative estimate of drug-likeness (QED) is 0.251. The van der Waals surface area contributed by atoms with Crippen molar-refractivity contribution < 1.29 is 23.0 Å². The van der Waals surface area contributed by atoms with Gasteiger partial charge in [0.1, 0.15) is 12.1 Å². The first-order valence-electron chi connectivity index (χ1n) is 12.4. The molecule has 13 heteroatoms. The molecule has 1 fully saturated rings. The van der Waals surface area contributed by atoms with Crippen LogP contribution in [0, 0.1) is 0 Å². The monoisotopic (exact) mass is 538 g/mol. The van der Waals surface area contributed by atoms with Crippen LogP contribution >= 0.6 is 0 Å². The van der Waals surface area contributed by atoms with Gasteiger partial charge in [0.2, 0.25) is 0 Å². The van der Waals surface area contributed by atoms with Gasteiger partial charge in [-0.2, -0.15) is 19.0 Å². The third-order valence-corrected chi connectivity index (χ3v) is 6.46. The number of benzene rings is 1. The maximum Gasteiger partial charge on any atom is 0.345 e. The van der Waals surface area contributed by atoms with E-state index in [4.69, 9.17) is 4.74 Å². The van der Waals surface area contributed by atoms with Crippen LogP contribution in [0.25, 0.3) is 11.4 Å². The van der Waals surface area contributed by atoms with Crippen molar-refractivity contribution in [2.75, 3.05) is 17.7 Å². The Morgan fingerprint density at radius 1 is 1.13 bits per heavy atom. The zero-order valence-electron chi connectivity index (χ0n) is 21.6. The van der Waals surface area contributed by atoms with Gasteiger partial charge in [-0.15, -0.1) is 0 Å². The van der Waals surface area contributed by atoms with Crippen molar-refractivity contribution in [1.29, 1.82) is 0 Å². The van der Waals surface area contributed by atoms with E-state index in [1.807, 2.05) is 18.2 Å². The topological polar surface area (TPSA) is 121 Å². The molecular formula is C26H28F2N8O3. The number of ether oxygens (including phenoxy) is 2. The largest absolute Gasteiger partial charge is 0.494 e. The number of ketones is 1. The van der Waals surface area contributed by atoms with Crippen molar-refractivity contribution in [3.05, 3.63) is 54.6 Å². The summed E-state index contributed by atoms with van der Waals surface area (Å²) < 4.78 is 38.4. The van der Waals surface area contributed by atoms with Crippen molar-refractivity contribution >= 4 is 28.8 Å². The van der Waals surface area contributed by atoms with E-state index in [1.54, 1.807) is 55.1 Å². The number of carbonyl (C=O) groups is 1. The molecule has 0 saturated heterocycles. The van der Waals surface area contributed by atoms with E-state index in [9.17, 15) is 13.6 Å². The number of nitrogens with zero attached hydrogens (tertiary/aromatic N) is 6. The minimum atomic E-state index is -2.77. The smallest absolute Gasteiger partial charge is 0.345 e. The molecule has 0 amide bonds. The summed E-state index contributed by atoms with van der Waals surface area (Å²) in [6.45, 7) is -0.979. The van der Waals surface area contributed by atoms with Gasteiger partial charge in [0, 0.05) is 38.0 Å². The van der Waals surface area contributed by atoms with E-state index in [2.05, 4.69) is 35.5 Å². The predicted octanol–water partition coefficient (Wildman–Crippen LogP) is 5.10. The Bertz CT molecular complexity index is 1470. The molecule has 204 valence electrons. The van der Waals surface area contributed by atoms with Gasteiger partial charge in [-0.25, -0.2) is 9.97 Å². The van der Waals surface area contributed by atoms with Crippen molar-refractivity contribution in [1.82, 2.24) is 29.5 Å². The zero-order chi connectivity index (χ0) is 27.5. The van der Waals surface area contributed by atoms with Crippen LogP contribution in [-0.2, 0) is 11.8 Å². The molecule has 4 aromatic rings. The number of carbonyl (C=O) groups excluding carboxylic acids is 1. The summed E-state index contributed by atoms with van der Waals surface area (Å²) in [6.07, 6.45) is 5.69. The second-order valence-corrected chi connectivity index (χ2v) is 9.10. The van der Waals surface area contributed by atoms with Crippen LogP contribution in [0.2, 0.25) is 0 Å². The SMILES string of the molecule is CCC(=O)c1cnc(Nc2ccn([C@H]3C[C@@H](OC(F)F)C3)n2)cc1Nc1cccc(-c2ncn(C)n2)c1OC. The third kappa shape index (κ3) is 5.72. The number of nitrogens with one attached hydrogen (secondary N) is 2. The van der Waals surface area contributed by atoms with Crippen LogP contribution in [0.5, 0.6) is 5.75 Å². The Morgan fingerprint density at radius 3 is 2.64 bits per heavy atom. The Hall–Kier alpha value is -4.39. The summed E-state index contributed by atoms with van der Waals surface area (Å²) >= 11 is 0. The number of methoxy groups -OCH3 is 1. The number of aromatic nitrogens is 6. The van der Waals surface area contributed by atoms with Gasteiger partial charge in [-0.1, -0.05) is 13.0 Å². The molecule has 0 unspecified atom stereocenters. The minimum Gasteiger partial charge on any atom is -0.494 e. The van der Waals surface area contributed by atoms with E-state index in [0.29, 0.717) is 65.0 Å². The number of halogens is 2. The van der Waals surface area contributed by atoms with Gasteiger partial charge < -0.3 is 20.1 Å².